The minimum Gasteiger partial charge on any atom is -0.543 e. The van der Waals surface area contributed by atoms with E-state index < -0.39 is 46.7 Å². The third kappa shape index (κ3) is 6.84. The van der Waals surface area contributed by atoms with Gasteiger partial charge >= 0.3 is 19.5 Å². The summed E-state index contributed by atoms with van der Waals surface area (Å²) in [5.74, 6) is -6.06. The van der Waals surface area contributed by atoms with Gasteiger partial charge in [0.15, 0.2) is 0 Å². The first-order chi connectivity index (χ1) is 11.2. The van der Waals surface area contributed by atoms with Crippen LogP contribution in [0.4, 0.5) is 0 Å². The fourth-order valence-electron chi connectivity index (χ4n) is 1.32. The number of rotatable bonds is 4. The predicted molar refractivity (Wildman–Crippen MR) is 65.8 cm³/mol. The van der Waals surface area contributed by atoms with Crippen molar-refractivity contribution in [3.05, 3.63) is 59.2 Å². The molecular formula is C14H6N2O8Ru. The molecule has 0 atom stereocenters. The van der Waals surface area contributed by atoms with E-state index in [1.807, 2.05) is 0 Å². The van der Waals surface area contributed by atoms with Crippen LogP contribution in [-0.2, 0) is 19.5 Å². The molecular weight excluding hydrogens is 425 g/mol. The van der Waals surface area contributed by atoms with Crippen molar-refractivity contribution in [2.75, 3.05) is 0 Å². The van der Waals surface area contributed by atoms with Gasteiger partial charge in [-0.05, 0) is 24.3 Å². The number of carbonyl (C=O) groups is 4. The Bertz CT molecular complexity index is 683. The fraction of sp³-hybridized carbons (Fsp3) is 0. The number of carboxylic acid groups (broad SMARTS) is 4. The number of pyridine rings is 2. The second-order valence-corrected chi connectivity index (χ2v) is 3.97. The van der Waals surface area contributed by atoms with Crippen LogP contribution in [0.15, 0.2) is 36.4 Å². The van der Waals surface area contributed by atoms with Crippen LogP contribution in [0.25, 0.3) is 0 Å². The zero-order valence-electron chi connectivity index (χ0n) is 12.0. The molecule has 0 aliphatic heterocycles. The van der Waals surface area contributed by atoms with Crippen LogP contribution in [0.3, 0.4) is 0 Å². The molecule has 0 saturated carbocycles. The first-order valence-electron chi connectivity index (χ1n) is 6.02. The van der Waals surface area contributed by atoms with E-state index in [0.717, 1.165) is 24.3 Å². The molecule has 25 heavy (non-hydrogen) atoms. The zero-order chi connectivity index (χ0) is 18.3. The van der Waals surface area contributed by atoms with Gasteiger partial charge in [-0.3, -0.25) is 0 Å². The Kier molecular flexibility index (Phi) is 8.58. The summed E-state index contributed by atoms with van der Waals surface area (Å²) < 4.78 is 0. The van der Waals surface area contributed by atoms with Gasteiger partial charge in [-0.1, -0.05) is 12.1 Å². The molecule has 0 radical (unpaired) electrons. The normalized spacial score (nSPS) is 8.96. The van der Waals surface area contributed by atoms with Gasteiger partial charge in [-0.15, -0.1) is 0 Å². The quantitative estimate of drug-likeness (QED) is 0.428. The summed E-state index contributed by atoms with van der Waals surface area (Å²) in [7, 11) is 0. The summed E-state index contributed by atoms with van der Waals surface area (Å²) in [5.41, 5.74) is -1.68. The van der Waals surface area contributed by atoms with E-state index in [2.05, 4.69) is 9.97 Å². The van der Waals surface area contributed by atoms with Gasteiger partial charge in [0.25, 0.3) is 0 Å². The molecule has 2 aromatic heterocycles. The van der Waals surface area contributed by atoms with E-state index in [1.165, 1.54) is 12.1 Å². The molecule has 0 aliphatic rings. The molecule has 0 aliphatic carbocycles. The van der Waals surface area contributed by atoms with Gasteiger partial charge in [0.05, 0.1) is 46.7 Å². The molecule has 2 rings (SSSR count). The van der Waals surface area contributed by atoms with E-state index >= 15 is 0 Å². The molecule has 0 unspecified atom stereocenters. The molecule has 2 heterocycles. The van der Waals surface area contributed by atoms with Crippen molar-refractivity contribution < 1.29 is 59.1 Å². The maximum absolute atomic E-state index is 10.2. The van der Waals surface area contributed by atoms with Gasteiger partial charge in [0.1, 0.15) is 0 Å². The van der Waals surface area contributed by atoms with Crippen molar-refractivity contribution in [1.29, 1.82) is 0 Å². The Balaban J connectivity index is 0.000000443. The number of aromatic carboxylic acids is 4. The monoisotopic (exact) mass is 432 g/mol. The number of hydrogen-bond donors (Lipinski definition) is 0. The minimum absolute atomic E-state index is 0. The van der Waals surface area contributed by atoms with Crippen LogP contribution in [0.5, 0.6) is 0 Å². The maximum atomic E-state index is 10.2. The molecule has 0 spiro atoms. The van der Waals surface area contributed by atoms with Gasteiger partial charge in [-0.2, -0.15) is 0 Å². The second kappa shape index (κ2) is 9.83. The minimum atomic E-state index is -1.52. The summed E-state index contributed by atoms with van der Waals surface area (Å²) in [6.07, 6.45) is 0. The first-order valence-corrected chi connectivity index (χ1v) is 6.02. The van der Waals surface area contributed by atoms with E-state index in [0.29, 0.717) is 0 Å². The van der Waals surface area contributed by atoms with Crippen LogP contribution >= 0.6 is 0 Å². The van der Waals surface area contributed by atoms with Crippen LogP contribution < -0.4 is 20.4 Å². The van der Waals surface area contributed by atoms with Crippen LogP contribution in [0, 0.1) is 0 Å². The molecule has 0 aromatic carbocycles. The van der Waals surface area contributed by atoms with E-state index in [4.69, 9.17) is 0 Å². The van der Waals surface area contributed by atoms with E-state index in [1.54, 1.807) is 0 Å². The Morgan fingerprint density at radius 3 is 0.920 bits per heavy atom. The first kappa shape index (κ1) is 21.8. The number of nitrogens with zero attached hydrogens (tertiary/aromatic N) is 2. The average molecular weight is 431 g/mol. The molecule has 2 aromatic rings. The summed E-state index contributed by atoms with van der Waals surface area (Å²) in [4.78, 5) is 47.3. The molecule has 11 heteroatoms. The Hall–Kier alpha value is -3.20. The summed E-state index contributed by atoms with van der Waals surface area (Å²) >= 11 is 0. The summed E-state index contributed by atoms with van der Waals surface area (Å²) in [5, 5.41) is 40.8. The van der Waals surface area contributed by atoms with E-state index in [9.17, 15) is 39.6 Å². The van der Waals surface area contributed by atoms with Crippen molar-refractivity contribution in [2.24, 2.45) is 0 Å². The number of hydrogen-bond acceptors (Lipinski definition) is 10. The Morgan fingerprint density at radius 2 is 0.760 bits per heavy atom. The van der Waals surface area contributed by atoms with Crippen molar-refractivity contribution in [3.63, 3.8) is 0 Å². The number of carboxylic acids is 4. The zero-order valence-corrected chi connectivity index (χ0v) is 13.7. The summed E-state index contributed by atoms with van der Waals surface area (Å²) in [6.45, 7) is 0. The van der Waals surface area contributed by atoms with Crippen LogP contribution in [0.2, 0.25) is 0 Å². The number of aromatic nitrogens is 2. The third-order valence-electron chi connectivity index (χ3n) is 2.33. The van der Waals surface area contributed by atoms with E-state index in [-0.39, 0.29) is 19.5 Å². The van der Waals surface area contributed by atoms with Crippen molar-refractivity contribution in [3.8, 4) is 0 Å². The van der Waals surface area contributed by atoms with Crippen LogP contribution in [-0.4, -0.2) is 33.8 Å². The van der Waals surface area contributed by atoms with Crippen molar-refractivity contribution in [1.82, 2.24) is 9.97 Å². The number of carbonyl (C=O) groups excluding carboxylic acids is 4. The van der Waals surface area contributed by atoms with Gasteiger partial charge in [0.2, 0.25) is 0 Å². The maximum Gasteiger partial charge on any atom is 4.00 e. The molecule has 10 nitrogen and oxygen atoms in total. The standard InChI is InChI=1S/2C7H5NO4.Ru/c2*9-6(10)4-2-1-3-5(8-4)7(11)12;/h2*1-3H,(H,9,10)(H,11,12);/q;;+4/p-4. The van der Waals surface area contributed by atoms with Crippen molar-refractivity contribution >= 4 is 23.9 Å². The van der Waals surface area contributed by atoms with Gasteiger partial charge in [-0.25, -0.2) is 9.97 Å². The smallest absolute Gasteiger partial charge is 0.543 e. The fourth-order valence-corrected chi connectivity index (χ4v) is 1.32. The molecule has 0 bridgehead atoms. The predicted octanol–water partition coefficient (Wildman–Crippen LogP) is -4.39. The Labute approximate surface area is 152 Å². The topological polar surface area (TPSA) is 186 Å². The second-order valence-electron chi connectivity index (χ2n) is 3.97. The summed E-state index contributed by atoms with van der Waals surface area (Å²) in [6, 6.07) is 7.07. The molecule has 128 valence electrons. The van der Waals surface area contributed by atoms with Crippen molar-refractivity contribution in [2.45, 2.75) is 0 Å². The molecule has 0 amide bonds. The van der Waals surface area contributed by atoms with Crippen LogP contribution in [0.1, 0.15) is 42.0 Å². The SMILES string of the molecule is O=C([O-])c1cccc(C(=O)[O-])n1.O=C([O-])c1cccc(C(=O)[O-])n1.[Ru+4]. The average Bonchev–Trinajstić information content (AvgIpc) is 2.55. The largest absolute Gasteiger partial charge is 4.00 e. The van der Waals surface area contributed by atoms with Gasteiger partial charge < -0.3 is 39.6 Å². The Morgan fingerprint density at radius 1 is 0.560 bits per heavy atom. The van der Waals surface area contributed by atoms with Gasteiger partial charge in [0, 0.05) is 0 Å². The third-order valence-corrected chi connectivity index (χ3v) is 2.33. The molecule has 0 N–H and O–H groups in total. The molecule has 0 fully saturated rings. The molecule has 0 saturated heterocycles.